The van der Waals surface area contributed by atoms with E-state index in [4.69, 9.17) is 16.3 Å². The maximum Gasteiger partial charge on any atom is 0.147 e. The summed E-state index contributed by atoms with van der Waals surface area (Å²) in [5, 5.41) is 4.62. The van der Waals surface area contributed by atoms with E-state index in [2.05, 4.69) is 17.0 Å². The van der Waals surface area contributed by atoms with Gasteiger partial charge in [0.15, 0.2) is 0 Å². The zero-order valence-corrected chi connectivity index (χ0v) is 13.8. The normalized spacial score (nSPS) is 22.2. The summed E-state index contributed by atoms with van der Waals surface area (Å²) in [6, 6.07) is 10.6. The molecule has 7 heteroatoms. The van der Waals surface area contributed by atoms with Crippen molar-refractivity contribution < 1.29 is 13.5 Å². The zero-order chi connectivity index (χ0) is 17.6. The molecule has 1 fully saturated rings. The van der Waals surface area contributed by atoms with Crippen molar-refractivity contribution in [1.29, 1.82) is 0 Å². The Bertz CT molecular complexity index is 946. The van der Waals surface area contributed by atoms with Crippen molar-refractivity contribution >= 4 is 11.6 Å². The first-order valence-corrected chi connectivity index (χ1v) is 7.96. The number of rotatable bonds is 4. The van der Waals surface area contributed by atoms with Crippen LogP contribution in [0.3, 0.4) is 0 Å². The van der Waals surface area contributed by atoms with Gasteiger partial charge in [-0.3, -0.25) is 0 Å². The topological polar surface area (TPSA) is 43.2 Å². The van der Waals surface area contributed by atoms with E-state index < -0.39 is 23.3 Å². The van der Waals surface area contributed by atoms with Gasteiger partial charge < -0.3 is 4.74 Å². The van der Waals surface area contributed by atoms with Crippen LogP contribution in [0.15, 0.2) is 48.8 Å². The summed E-state index contributed by atoms with van der Waals surface area (Å²) in [5.74, 6) is -0.902. The van der Waals surface area contributed by atoms with E-state index in [1.807, 2.05) is 12.1 Å². The van der Waals surface area contributed by atoms with Crippen LogP contribution in [-0.2, 0) is 16.9 Å². The summed E-state index contributed by atoms with van der Waals surface area (Å²) in [4.78, 5) is 3.98. The summed E-state index contributed by atoms with van der Waals surface area (Å²) < 4.78 is 35.3. The van der Waals surface area contributed by atoms with Crippen molar-refractivity contribution in [3.05, 3.63) is 89.3 Å². The number of ether oxygens (including phenoxy) is 1. The molecular weight excluding hydrogens is 348 g/mol. The van der Waals surface area contributed by atoms with Gasteiger partial charge in [0.1, 0.15) is 35.5 Å². The van der Waals surface area contributed by atoms with Gasteiger partial charge in [-0.15, -0.1) is 0 Å². The molecule has 0 N–H and O–H groups in total. The molecule has 0 bridgehead atoms. The van der Waals surface area contributed by atoms with Crippen molar-refractivity contribution in [3.63, 3.8) is 0 Å². The van der Waals surface area contributed by atoms with Gasteiger partial charge in [-0.1, -0.05) is 35.9 Å². The number of epoxide rings is 1. The standard InChI is InChI=1S/C18H13ClF2N3O/c1-11-22-10-23-24(11)9-18(14-7-6-12(20)8-16(14)21)17(25-18)13-4-2-3-5-15(13)19/h2-8,10,17H,1,9H2/t17?,18-/m1/s1. The summed E-state index contributed by atoms with van der Waals surface area (Å²) in [6.07, 6.45) is 0.883. The predicted octanol–water partition coefficient (Wildman–Crippen LogP) is 4.06. The highest BCUT2D eigenvalue weighted by Gasteiger charge is 2.61. The maximum atomic E-state index is 14.5. The van der Waals surface area contributed by atoms with Crippen molar-refractivity contribution in [2.45, 2.75) is 18.2 Å². The molecule has 1 aliphatic rings. The van der Waals surface area contributed by atoms with Crippen LogP contribution in [0.5, 0.6) is 0 Å². The van der Waals surface area contributed by atoms with E-state index >= 15 is 0 Å². The van der Waals surface area contributed by atoms with Crippen LogP contribution in [0.2, 0.25) is 5.02 Å². The van der Waals surface area contributed by atoms with E-state index in [9.17, 15) is 8.78 Å². The molecule has 1 aromatic heterocycles. The van der Waals surface area contributed by atoms with Crippen LogP contribution < -0.4 is 0 Å². The average Bonchev–Trinajstić information content (AvgIpc) is 3.14. The number of halogens is 3. The maximum absolute atomic E-state index is 14.5. The van der Waals surface area contributed by atoms with E-state index in [-0.39, 0.29) is 12.1 Å². The average molecular weight is 361 g/mol. The molecule has 1 unspecified atom stereocenters. The third kappa shape index (κ3) is 2.71. The molecule has 2 aromatic carbocycles. The fourth-order valence-electron chi connectivity index (χ4n) is 3.06. The van der Waals surface area contributed by atoms with Gasteiger partial charge in [0.2, 0.25) is 0 Å². The molecule has 127 valence electrons. The van der Waals surface area contributed by atoms with E-state index in [1.54, 1.807) is 12.1 Å². The predicted molar refractivity (Wildman–Crippen MR) is 87.8 cm³/mol. The molecule has 0 saturated carbocycles. The number of benzene rings is 2. The number of hydrogen-bond acceptors (Lipinski definition) is 3. The Hall–Kier alpha value is -2.31. The van der Waals surface area contributed by atoms with Crippen LogP contribution in [0, 0.1) is 18.6 Å². The molecule has 4 nitrogen and oxygen atoms in total. The number of aromatic nitrogens is 3. The molecule has 1 aliphatic heterocycles. The van der Waals surface area contributed by atoms with Gasteiger partial charge in [-0.25, -0.2) is 18.4 Å². The zero-order valence-electron chi connectivity index (χ0n) is 13.0. The fraction of sp³-hybridized carbons (Fsp3) is 0.167. The first-order valence-electron chi connectivity index (χ1n) is 7.59. The third-order valence-corrected chi connectivity index (χ3v) is 4.69. The molecule has 2 atom stereocenters. The van der Waals surface area contributed by atoms with Gasteiger partial charge >= 0.3 is 0 Å². The second-order valence-corrected chi connectivity index (χ2v) is 6.27. The summed E-state index contributed by atoms with van der Waals surface area (Å²) in [5.41, 5.74) is -0.0736. The van der Waals surface area contributed by atoms with Gasteiger partial charge in [0, 0.05) is 29.1 Å². The van der Waals surface area contributed by atoms with Crippen LogP contribution >= 0.6 is 11.6 Å². The lowest BCUT2D eigenvalue weighted by molar-refractivity contribution is 0.255. The van der Waals surface area contributed by atoms with Crippen LogP contribution in [0.25, 0.3) is 0 Å². The lowest BCUT2D eigenvalue weighted by Gasteiger charge is -2.16. The van der Waals surface area contributed by atoms with Gasteiger partial charge in [0.25, 0.3) is 0 Å². The van der Waals surface area contributed by atoms with Crippen molar-refractivity contribution in [2.75, 3.05) is 0 Å². The second kappa shape index (κ2) is 5.89. The number of nitrogens with zero attached hydrogens (tertiary/aromatic N) is 3. The monoisotopic (exact) mass is 360 g/mol. The summed E-state index contributed by atoms with van der Waals surface area (Å²) in [7, 11) is 0. The molecule has 1 radical (unpaired) electrons. The molecule has 1 saturated heterocycles. The van der Waals surface area contributed by atoms with E-state index in [0.29, 0.717) is 10.8 Å². The van der Waals surface area contributed by atoms with E-state index in [1.165, 1.54) is 23.1 Å². The smallest absolute Gasteiger partial charge is 0.147 e. The molecule has 0 spiro atoms. The minimum atomic E-state index is -1.05. The molecular formula is C18H13ClF2N3O. The lowest BCUT2D eigenvalue weighted by atomic mass is 9.91. The Morgan fingerprint density at radius 3 is 2.72 bits per heavy atom. The Morgan fingerprint density at radius 2 is 2.04 bits per heavy atom. The minimum Gasteiger partial charge on any atom is -0.354 e. The van der Waals surface area contributed by atoms with Crippen molar-refractivity contribution in [1.82, 2.24) is 14.8 Å². The highest BCUT2D eigenvalue weighted by molar-refractivity contribution is 6.31. The quantitative estimate of drug-likeness (QED) is 0.659. The molecule has 3 aromatic rings. The first-order chi connectivity index (χ1) is 12.0. The Morgan fingerprint density at radius 1 is 1.24 bits per heavy atom. The Balaban J connectivity index is 1.80. The van der Waals surface area contributed by atoms with E-state index in [0.717, 1.165) is 11.6 Å². The highest BCUT2D eigenvalue weighted by atomic mass is 35.5. The second-order valence-electron chi connectivity index (χ2n) is 5.87. The van der Waals surface area contributed by atoms with Crippen molar-refractivity contribution in [2.24, 2.45) is 0 Å². The highest BCUT2D eigenvalue weighted by Crippen LogP contribution is 2.59. The van der Waals surface area contributed by atoms with Crippen LogP contribution in [0.4, 0.5) is 8.78 Å². The Kier molecular flexibility index (Phi) is 3.81. The fourth-order valence-corrected chi connectivity index (χ4v) is 3.30. The number of hydrogen-bond donors (Lipinski definition) is 0. The molecule has 0 aliphatic carbocycles. The molecule has 2 heterocycles. The summed E-state index contributed by atoms with van der Waals surface area (Å²) in [6.45, 7) is 3.98. The van der Waals surface area contributed by atoms with Crippen LogP contribution in [-0.4, -0.2) is 14.8 Å². The van der Waals surface area contributed by atoms with Gasteiger partial charge in [0.05, 0.1) is 6.54 Å². The van der Waals surface area contributed by atoms with Crippen molar-refractivity contribution in [3.8, 4) is 0 Å². The SMILES string of the molecule is [CH2]c1ncnn1C[C@]1(c2ccc(F)cc2F)OC1c1ccccc1Cl. The molecule has 0 amide bonds. The molecule has 25 heavy (non-hydrogen) atoms. The largest absolute Gasteiger partial charge is 0.354 e. The minimum absolute atomic E-state index is 0.185. The van der Waals surface area contributed by atoms with Gasteiger partial charge in [-0.2, -0.15) is 5.10 Å². The molecule has 4 rings (SSSR count). The Labute approximate surface area is 148 Å². The lowest BCUT2D eigenvalue weighted by Crippen LogP contribution is -2.22. The van der Waals surface area contributed by atoms with Gasteiger partial charge in [-0.05, 0) is 12.1 Å². The summed E-state index contributed by atoms with van der Waals surface area (Å²) >= 11 is 6.27. The van der Waals surface area contributed by atoms with Crippen LogP contribution in [0.1, 0.15) is 23.1 Å². The third-order valence-electron chi connectivity index (χ3n) is 4.35. The first kappa shape index (κ1) is 16.2.